The van der Waals surface area contributed by atoms with Crippen LogP contribution >= 0.6 is 0 Å². The van der Waals surface area contributed by atoms with E-state index in [1.54, 1.807) is 15.8 Å². The summed E-state index contributed by atoms with van der Waals surface area (Å²) < 4.78 is 1.74. The minimum Gasteiger partial charge on any atom is -0.381 e. The van der Waals surface area contributed by atoms with Crippen molar-refractivity contribution in [2.75, 3.05) is 24.2 Å². The van der Waals surface area contributed by atoms with Crippen molar-refractivity contribution in [1.82, 2.24) is 14.7 Å². The van der Waals surface area contributed by atoms with Crippen LogP contribution in [0.2, 0.25) is 0 Å². The summed E-state index contributed by atoms with van der Waals surface area (Å²) in [4.78, 5) is 14.2. The van der Waals surface area contributed by atoms with Gasteiger partial charge in [0.2, 0.25) is 5.91 Å². The number of hydrogen-bond acceptors (Lipinski definition) is 4. The van der Waals surface area contributed by atoms with Crippen LogP contribution in [0, 0.1) is 0 Å². The van der Waals surface area contributed by atoms with Crippen LogP contribution in [-0.4, -0.2) is 40.2 Å². The molecule has 2 N–H and O–H groups in total. The molecule has 110 valence electrons. The summed E-state index contributed by atoms with van der Waals surface area (Å²) in [5.74, 6) is 0.0702. The zero-order chi connectivity index (χ0) is 14.8. The number of benzene rings is 1. The summed E-state index contributed by atoms with van der Waals surface area (Å²) in [5.41, 5.74) is 3.03. The summed E-state index contributed by atoms with van der Waals surface area (Å²) in [6, 6.07) is 7.66. The molecule has 1 unspecified atom stereocenters. The number of nitrogens with one attached hydrogen (secondary N) is 2. The second-order valence-corrected chi connectivity index (χ2v) is 5.34. The van der Waals surface area contributed by atoms with Gasteiger partial charge in [0.15, 0.2) is 0 Å². The van der Waals surface area contributed by atoms with Crippen LogP contribution in [0.4, 0.5) is 11.4 Å². The molecule has 0 aliphatic carbocycles. The Balaban J connectivity index is 1.66. The fraction of sp³-hybridized carbons (Fsp3) is 0.333. The second-order valence-electron chi connectivity index (χ2n) is 5.34. The minimum atomic E-state index is -0.249. The highest BCUT2D eigenvalue weighted by molar-refractivity contribution is 5.88. The molecule has 0 fully saturated rings. The topological polar surface area (TPSA) is 62.2 Å². The number of likely N-dealkylation sites (N-methyl/N-ethyl adjacent to an activating group) is 1. The first-order chi connectivity index (χ1) is 10.1. The zero-order valence-corrected chi connectivity index (χ0v) is 12.2. The number of carbonyl (C=O) groups excluding carboxylic acids is 1. The maximum Gasteiger partial charge on any atom is 0.246 e. The van der Waals surface area contributed by atoms with E-state index in [2.05, 4.69) is 15.7 Å². The Morgan fingerprint density at radius 2 is 2.19 bits per heavy atom. The van der Waals surface area contributed by atoms with Crippen molar-refractivity contribution in [3.05, 3.63) is 42.2 Å². The van der Waals surface area contributed by atoms with Crippen molar-refractivity contribution >= 4 is 17.3 Å². The molecule has 1 amide bonds. The molecule has 0 radical (unpaired) electrons. The summed E-state index contributed by atoms with van der Waals surface area (Å²) in [5, 5.41) is 10.7. The van der Waals surface area contributed by atoms with E-state index in [0.29, 0.717) is 13.1 Å². The zero-order valence-electron chi connectivity index (χ0n) is 12.2. The number of aromatic nitrogens is 2. The summed E-state index contributed by atoms with van der Waals surface area (Å²) >= 11 is 0. The Kier molecular flexibility index (Phi) is 3.51. The van der Waals surface area contributed by atoms with Crippen molar-refractivity contribution in [3.63, 3.8) is 0 Å². The number of rotatable bonds is 3. The Morgan fingerprint density at radius 3 is 2.90 bits per heavy atom. The van der Waals surface area contributed by atoms with Gasteiger partial charge in [0.1, 0.15) is 6.04 Å². The number of amides is 1. The van der Waals surface area contributed by atoms with Gasteiger partial charge in [0.25, 0.3) is 0 Å². The van der Waals surface area contributed by atoms with Crippen LogP contribution in [0.5, 0.6) is 0 Å². The molecule has 1 aromatic heterocycles. The van der Waals surface area contributed by atoms with E-state index in [0.717, 1.165) is 16.9 Å². The molecule has 0 saturated heterocycles. The fourth-order valence-electron chi connectivity index (χ4n) is 2.53. The van der Waals surface area contributed by atoms with Gasteiger partial charge < -0.3 is 15.5 Å². The van der Waals surface area contributed by atoms with Gasteiger partial charge in [0, 0.05) is 38.9 Å². The number of anilines is 2. The molecule has 1 aliphatic rings. The van der Waals surface area contributed by atoms with Crippen molar-refractivity contribution in [1.29, 1.82) is 0 Å². The number of carbonyl (C=O) groups is 1. The average molecular weight is 285 g/mol. The predicted octanol–water partition coefficient (Wildman–Crippen LogP) is 1.28. The number of hydrogen-bond donors (Lipinski definition) is 2. The average Bonchev–Trinajstić information content (AvgIpc) is 2.91. The van der Waals surface area contributed by atoms with Gasteiger partial charge >= 0.3 is 0 Å². The van der Waals surface area contributed by atoms with Crippen molar-refractivity contribution in [2.45, 2.75) is 12.6 Å². The van der Waals surface area contributed by atoms with Gasteiger partial charge in [-0.05, 0) is 12.1 Å². The van der Waals surface area contributed by atoms with E-state index in [-0.39, 0.29) is 11.9 Å². The highest BCUT2D eigenvalue weighted by Gasteiger charge is 2.26. The number of nitrogens with zero attached hydrogens (tertiary/aromatic N) is 3. The van der Waals surface area contributed by atoms with E-state index < -0.39 is 0 Å². The third-order valence-electron chi connectivity index (χ3n) is 3.61. The third kappa shape index (κ3) is 2.84. The summed E-state index contributed by atoms with van der Waals surface area (Å²) in [6.45, 7) is 1.15. The van der Waals surface area contributed by atoms with Gasteiger partial charge in [-0.3, -0.25) is 9.48 Å². The van der Waals surface area contributed by atoms with Crippen molar-refractivity contribution in [3.8, 4) is 0 Å². The molecule has 1 aromatic carbocycles. The summed E-state index contributed by atoms with van der Waals surface area (Å²) in [7, 11) is 3.69. The highest BCUT2D eigenvalue weighted by atomic mass is 16.2. The van der Waals surface area contributed by atoms with Crippen LogP contribution in [0.15, 0.2) is 36.7 Å². The van der Waals surface area contributed by atoms with Crippen LogP contribution in [0.25, 0.3) is 0 Å². The standard InChI is InChI=1S/C15H19N5O/c1-19(9-11-7-17-20(2)10-11)15(21)14-8-16-12-5-3-4-6-13(12)18-14/h3-7,10,14,16,18H,8-9H2,1-2H3. The minimum absolute atomic E-state index is 0.0702. The quantitative estimate of drug-likeness (QED) is 0.892. The molecular formula is C15H19N5O. The SMILES string of the molecule is CN(Cc1cnn(C)c1)C(=O)C1CNc2ccccc2N1. The third-order valence-corrected chi connectivity index (χ3v) is 3.61. The fourth-order valence-corrected chi connectivity index (χ4v) is 2.53. The number of fused-ring (bicyclic) bond motifs is 1. The number of para-hydroxylation sites is 2. The smallest absolute Gasteiger partial charge is 0.246 e. The largest absolute Gasteiger partial charge is 0.381 e. The molecule has 3 rings (SSSR count). The first-order valence-corrected chi connectivity index (χ1v) is 6.95. The maximum absolute atomic E-state index is 12.5. The molecule has 1 atom stereocenters. The Labute approximate surface area is 123 Å². The highest BCUT2D eigenvalue weighted by Crippen LogP contribution is 2.25. The van der Waals surface area contributed by atoms with E-state index in [4.69, 9.17) is 0 Å². The van der Waals surface area contributed by atoms with Crippen LogP contribution < -0.4 is 10.6 Å². The normalized spacial score (nSPS) is 16.6. The molecular weight excluding hydrogens is 266 g/mol. The van der Waals surface area contributed by atoms with Gasteiger partial charge in [-0.25, -0.2) is 0 Å². The molecule has 0 bridgehead atoms. The Hall–Kier alpha value is -2.50. The molecule has 21 heavy (non-hydrogen) atoms. The Bertz CT molecular complexity index is 651. The lowest BCUT2D eigenvalue weighted by Gasteiger charge is -2.30. The molecule has 2 aromatic rings. The molecule has 1 aliphatic heterocycles. The molecule has 6 heteroatoms. The number of aryl methyl sites for hydroxylation is 1. The summed E-state index contributed by atoms with van der Waals surface area (Å²) in [6.07, 6.45) is 3.71. The van der Waals surface area contributed by atoms with E-state index >= 15 is 0 Å². The van der Waals surface area contributed by atoms with Crippen LogP contribution in [0.1, 0.15) is 5.56 Å². The van der Waals surface area contributed by atoms with Crippen molar-refractivity contribution < 1.29 is 4.79 Å². The lowest BCUT2D eigenvalue weighted by atomic mass is 10.1. The van der Waals surface area contributed by atoms with Gasteiger partial charge in [0.05, 0.1) is 17.6 Å². The second kappa shape index (κ2) is 5.47. The molecule has 6 nitrogen and oxygen atoms in total. The first-order valence-electron chi connectivity index (χ1n) is 6.95. The van der Waals surface area contributed by atoms with Crippen LogP contribution in [-0.2, 0) is 18.4 Å². The monoisotopic (exact) mass is 285 g/mol. The maximum atomic E-state index is 12.5. The predicted molar refractivity (Wildman–Crippen MR) is 82.0 cm³/mol. The first kappa shape index (κ1) is 13.5. The molecule has 0 spiro atoms. The van der Waals surface area contributed by atoms with Crippen molar-refractivity contribution in [2.24, 2.45) is 7.05 Å². The molecule has 2 heterocycles. The molecule has 0 saturated carbocycles. The van der Waals surface area contributed by atoms with Gasteiger partial charge in [-0.2, -0.15) is 5.10 Å². The van der Waals surface area contributed by atoms with Gasteiger partial charge in [-0.15, -0.1) is 0 Å². The van der Waals surface area contributed by atoms with Crippen LogP contribution in [0.3, 0.4) is 0 Å². The lowest BCUT2D eigenvalue weighted by Crippen LogP contribution is -2.46. The lowest BCUT2D eigenvalue weighted by molar-refractivity contribution is -0.131. The van der Waals surface area contributed by atoms with E-state index in [9.17, 15) is 4.79 Å². The van der Waals surface area contributed by atoms with E-state index in [1.807, 2.05) is 44.6 Å². The van der Waals surface area contributed by atoms with E-state index in [1.165, 1.54) is 0 Å². The Morgan fingerprint density at radius 1 is 1.43 bits per heavy atom. The van der Waals surface area contributed by atoms with Gasteiger partial charge in [-0.1, -0.05) is 12.1 Å².